The van der Waals surface area contributed by atoms with Crippen LogP contribution < -0.4 is 10.2 Å². The molecule has 0 saturated carbocycles. The second-order valence-corrected chi connectivity index (χ2v) is 5.98. The molecular formula is C18H18ClN3. The molecule has 0 aliphatic rings. The van der Waals surface area contributed by atoms with Crippen molar-refractivity contribution >= 4 is 39.6 Å². The molecule has 0 aliphatic carbocycles. The van der Waals surface area contributed by atoms with Crippen molar-refractivity contribution in [2.24, 2.45) is 0 Å². The van der Waals surface area contributed by atoms with Crippen LogP contribution in [0.1, 0.15) is 5.69 Å². The van der Waals surface area contributed by atoms with Gasteiger partial charge < -0.3 is 10.2 Å². The van der Waals surface area contributed by atoms with Crippen molar-refractivity contribution in [2.75, 3.05) is 24.3 Å². The lowest BCUT2D eigenvalue weighted by molar-refractivity contribution is 1.13. The van der Waals surface area contributed by atoms with Crippen molar-refractivity contribution in [2.45, 2.75) is 6.92 Å². The van der Waals surface area contributed by atoms with Crippen LogP contribution in [0.25, 0.3) is 10.9 Å². The van der Waals surface area contributed by atoms with Crippen LogP contribution in [0.4, 0.5) is 17.1 Å². The normalized spacial score (nSPS) is 10.7. The fourth-order valence-corrected chi connectivity index (χ4v) is 2.60. The molecule has 0 aliphatic heterocycles. The van der Waals surface area contributed by atoms with E-state index in [4.69, 9.17) is 11.6 Å². The Balaban J connectivity index is 2.00. The summed E-state index contributed by atoms with van der Waals surface area (Å²) in [6.45, 7) is 1.99. The van der Waals surface area contributed by atoms with Gasteiger partial charge >= 0.3 is 0 Å². The van der Waals surface area contributed by atoms with Crippen LogP contribution in [-0.4, -0.2) is 19.1 Å². The van der Waals surface area contributed by atoms with Gasteiger partial charge in [-0.05, 0) is 55.5 Å². The monoisotopic (exact) mass is 311 g/mol. The van der Waals surface area contributed by atoms with Gasteiger partial charge in [-0.3, -0.25) is 4.98 Å². The summed E-state index contributed by atoms with van der Waals surface area (Å²) in [5.41, 5.74) is 5.14. The van der Waals surface area contributed by atoms with Crippen molar-refractivity contribution < 1.29 is 0 Å². The molecule has 1 aromatic heterocycles. The lowest BCUT2D eigenvalue weighted by Gasteiger charge is -2.14. The summed E-state index contributed by atoms with van der Waals surface area (Å²) in [5, 5.41) is 5.20. The number of hydrogen-bond donors (Lipinski definition) is 1. The molecule has 2 aromatic carbocycles. The van der Waals surface area contributed by atoms with E-state index < -0.39 is 0 Å². The first kappa shape index (κ1) is 14.7. The Hall–Kier alpha value is -2.26. The Kier molecular flexibility index (Phi) is 3.90. The van der Waals surface area contributed by atoms with Crippen LogP contribution in [0.2, 0.25) is 5.02 Å². The number of benzene rings is 2. The summed E-state index contributed by atoms with van der Waals surface area (Å²) in [7, 11) is 4.06. The van der Waals surface area contributed by atoms with E-state index in [9.17, 15) is 0 Å². The van der Waals surface area contributed by atoms with E-state index in [0.29, 0.717) is 5.02 Å². The molecule has 22 heavy (non-hydrogen) atoms. The molecule has 0 saturated heterocycles. The molecule has 3 aromatic rings. The molecule has 0 spiro atoms. The minimum Gasteiger partial charge on any atom is -0.378 e. The number of pyridine rings is 1. The van der Waals surface area contributed by atoms with Gasteiger partial charge in [0.1, 0.15) is 0 Å². The number of halogens is 1. The minimum absolute atomic E-state index is 0.712. The molecule has 0 unspecified atom stereocenters. The highest BCUT2D eigenvalue weighted by atomic mass is 35.5. The minimum atomic E-state index is 0.712. The van der Waals surface area contributed by atoms with Crippen molar-refractivity contribution in [3.8, 4) is 0 Å². The third-order valence-electron chi connectivity index (χ3n) is 3.56. The summed E-state index contributed by atoms with van der Waals surface area (Å²) < 4.78 is 0. The van der Waals surface area contributed by atoms with E-state index >= 15 is 0 Å². The lowest BCUT2D eigenvalue weighted by Crippen LogP contribution is -2.08. The van der Waals surface area contributed by atoms with Gasteiger partial charge in [0.2, 0.25) is 0 Å². The van der Waals surface area contributed by atoms with Crippen LogP contribution in [0, 0.1) is 6.92 Å². The van der Waals surface area contributed by atoms with E-state index in [2.05, 4.69) is 39.5 Å². The molecule has 3 nitrogen and oxygen atoms in total. The number of hydrogen-bond acceptors (Lipinski definition) is 3. The zero-order valence-corrected chi connectivity index (χ0v) is 13.6. The second kappa shape index (κ2) is 5.85. The SMILES string of the molecule is Cc1cc(Nc2ccc(N(C)C)cc2)c2cc(Cl)ccc2n1. The van der Waals surface area contributed by atoms with Crippen molar-refractivity contribution in [1.82, 2.24) is 4.98 Å². The number of nitrogens with one attached hydrogen (secondary N) is 1. The summed E-state index contributed by atoms with van der Waals surface area (Å²) >= 11 is 6.13. The molecular weight excluding hydrogens is 294 g/mol. The highest BCUT2D eigenvalue weighted by Gasteiger charge is 2.06. The molecule has 0 radical (unpaired) electrons. The van der Waals surface area contributed by atoms with Gasteiger partial charge in [0, 0.05) is 47.3 Å². The maximum absolute atomic E-state index is 6.13. The average Bonchev–Trinajstić information content (AvgIpc) is 2.48. The van der Waals surface area contributed by atoms with E-state index in [1.807, 2.05) is 45.3 Å². The van der Waals surface area contributed by atoms with E-state index in [1.54, 1.807) is 0 Å². The van der Waals surface area contributed by atoms with Gasteiger partial charge in [-0.2, -0.15) is 0 Å². The van der Waals surface area contributed by atoms with Crippen LogP contribution in [0.5, 0.6) is 0 Å². The quantitative estimate of drug-likeness (QED) is 0.737. The molecule has 1 N–H and O–H groups in total. The van der Waals surface area contributed by atoms with Gasteiger partial charge in [-0.15, -0.1) is 0 Å². The van der Waals surface area contributed by atoms with Crippen molar-refractivity contribution in [3.05, 3.63) is 59.2 Å². The molecule has 3 rings (SSSR count). The predicted molar refractivity (Wildman–Crippen MR) is 95.5 cm³/mol. The predicted octanol–water partition coefficient (Wildman–Crippen LogP) is 5.01. The standard InChI is InChI=1S/C18H18ClN3/c1-12-10-18(16-11-13(19)4-9-17(16)20-12)21-14-5-7-15(8-6-14)22(2)3/h4-11H,1-3H3,(H,20,21). The topological polar surface area (TPSA) is 28.2 Å². The molecule has 112 valence electrons. The third-order valence-corrected chi connectivity index (χ3v) is 3.80. The zero-order valence-electron chi connectivity index (χ0n) is 12.9. The number of anilines is 3. The van der Waals surface area contributed by atoms with Gasteiger partial charge in [0.25, 0.3) is 0 Å². The Morgan fingerprint density at radius 3 is 2.41 bits per heavy atom. The molecule has 0 bridgehead atoms. The largest absolute Gasteiger partial charge is 0.378 e. The number of aryl methyl sites for hydroxylation is 1. The third kappa shape index (κ3) is 3.00. The Morgan fingerprint density at radius 1 is 1.00 bits per heavy atom. The van der Waals surface area contributed by atoms with E-state index in [-0.39, 0.29) is 0 Å². The van der Waals surface area contributed by atoms with Gasteiger partial charge in [0.15, 0.2) is 0 Å². The zero-order chi connectivity index (χ0) is 15.7. The average molecular weight is 312 g/mol. The highest BCUT2D eigenvalue weighted by molar-refractivity contribution is 6.31. The van der Waals surface area contributed by atoms with Crippen LogP contribution in [0.15, 0.2) is 48.5 Å². The van der Waals surface area contributed by atoms with Crippen molar-refractivity contribution in [3.63, 3.8) is 0 Å². The lowest BCUT2D eigenvalue weighted by atomic mass is 10.1. The smallest absolute Gasteiger partial charge is 0.0727 e. The Morgan fingerprint density at radius 2 is 1.73 bits per heavy atom. The maximum Gasteiger partial charge on any atom is 0.0727 e. The second-order valence-electron chi connectivity index (χ2n) is 5.54. The number of fused-ring (bicyclic) bond motifs is 1. The first-order valence-electron chi connectivity index (χ1n) is 7.14. The Labute approximate surface area is 135 Å². The van der Waals surface area contributed by atoms with Crippen LogP contribution in [0.3, 0.4) is 0 Å². The van der Waals surface area contributed by atoms with Gasteiger partial charge in [0.05, 0.1) is 5.52 Å². The summed E-state index contributed by atoms with van der Waals surface area (Å²) in [4.78, 5) is 6.63. The molecule has 4 heteroatoms. The molecule has 0 fully saturated rings. The number of rotatable bonds is 3. The Bertz CT molecular complexity index is 810. The number of nitrogens with zero attached hydrogens (tertiary/aromatic N) is 2. The maximum atomic E-state index is 6.13. The fraction of sp³-hybridized carbons (Fsp3) is 0.167. The molecule has 0 amide bonds. The van der Waals surface area contributed by atoms with E-state index in [1.165, 1.54) is 5.69 Å². The van der Waals surface area contributed by atoms with Gasteiger partial charge in [-0.1, -0.05) is 11.6 Å². The number of aromatic nitrogens is 1. The highest BCUT2D eigenvalue weighted by Crippen LogP contribution is 2.29. The molecule has 1 heterocycles. The fourth-order valence-electron chi connectivity index (χ4n) is 2.43. The van der Waals surface area contributed by atoms with Crippen LogP contribution in [-0.2, 0) is 0 Å². The first-order valence-corrected chi connectivity index (χ1v) is 7.52. The van der Waals surface area contributed by atoms with Gasteiger partial charge in [-0.25, -0.2) is 0 Å². The summed E-state index contributed by atoms with van der Waals surface area (Å²) in [5.74, 6) is 0. The van der Waals surface area contributed by atoms with Crippen molar-refractivity contribution in [1.29, 1.82) is 0 Å². The molecule has 0 atom stereocenters. The summed E-state index contributed by atoms with van der Waals surface area (Å²) in [6, 6.07) is 16.1. The van der Waals surface area contributed by atoms with Crippen LogP contribution >= 0.6 is 11.6 Å². The first-order chi connectivity index (χ1) is 10.5. The summed E-state index contributed by atoms with van der Waals surface area (Å²) in [6.07, 6.45) is 0. The van der Waals surface area contributed by atoms with E-state index in [0.717, 1.165) is 28.0 Å².